The number of carbonyl (C=O) groups is 1. The molecule has 0 aromatic heterocycles. The number of nitrogens with one attached hydrogen (secondary N) is 1. The van der Waals surface area contributed by atoms with Gasteiger partial charge in [0.25, 0.3) is 5.91 Å². The molecule has 6 nitrogen and oxygen atoms in total. The number of rotatable bonds is 5. The molecule has 0 aliphatic heterocycles. The van der Waals surface area contributed by atoms with E-state index in [9.17, 15) is 20.0 Å². The van der Waals surface area contributed by atoms with Gasteiger partial charge in [-0.25, -0.2) is 0 Å². The molecular weight excluding hydrogens is 272 g/mol. The molecule has 21 heavy (non-hydrogen) atoms. The van der Waals surface area contributed by atoms with E-state index in [0.29, 0.717) is 6.54 Å². The van der Waals surface area contributed by atoms with E-state index >= 15 is 0 Å². The zero-order valence-electron chi connectivity index (χ0n) is 12.1. The van der Waals surface area contributed by atoms with Gasteiger partial charge in [-0.05, 0) is 30.7 Å². The van der Waals surface area contributed by atoms with E-state index in [1.54, 1.807) is 0 Å². The van der Waals surface area contributed by atoms with Crippen molar-refractivity contribution in [1.29, 1.82) is 0 Å². The third-order valence-corrected chi connectivity index (χ3v) is 4.49. The summed E-state index contributed by atoms with van der Waals surface area (Å²) in [5.74, 6) is -1.03. The molecule has 114 valence electrons. The lowest BCUT2D eigenvalue weighted by Crippen LogP contribution is -2.35. The molecule has 0 bridgehead atoms. The van der Waals surface area contributed by atoms with E-state index in [1.165, 1.54) is 31.0 Å². The molecule has 2 rings (SSSR count). The second-order valence-electron chi connectivity index (χ2n) is 5.67. The van der Waals surface area contributed by atoms with Gasteiger partial charge in [0.1, 0.15) is 0 Å². The van der Waals surface area contributed by atoms with Crippen molar-refractivity contribution in [3.63, 3.8) is 0 Å². The fraction of sp³-hybridized carbons (Fsp3) is 0.533. The predicted molar refractivity (Wildman–Crippen MR) is 78.3 cm³/mol. The van der Waals surface area contributed by atoms with Crippen molar-refractivity contribution in [3.8, 4) is 5.75 Å². The first-order chi connectivity index (χ1) is 9.99. The van der Waals surface area contributed by atoms with Gasteiger partial charge in [0.15, 0.2) is 0 Å². The summed E-state index contributed by atoms with van der Waals surface area (Å²) in [5.41, 5.74) is -0.367. The van der Waals surface area contributed by atoms with Crippen molar-refractivity contribution in [3.05, 3.63) is 33.9 Å². The molecule has 0 saturated heterocycles. The number of hydrogen-bond acceptors (Lipinski definition) is 4. The average molecular weight is 292 g/mol. The molecule has 1 aliphatic rings. The Morgan fingerprint density at radius 2 is 2.10 bits per heavy atom. The second kappa shape index (κ2) is 6.11. The van der Waals surface area contributed by atoms with Crippen molar-refractivity contribution >= 4 is 11.6 Å². The number of para-hydroxylation sites is 1. The van der Waals surface area contributed by atoms with Gasteiger partial charge >= 0.3 is 5.69 Å². The van der Waals surface area contributed by atoms with Crippen LogP contribution in [0.4, 0.5) is 5.69 Å². The molecule has 0 unspecified atom stereocenters. The first-order valence-corrected chi connectivity index (χ1v) is 7.24. The topological polar surface area (TPSA) is 92.5 Å². The zero-order valence-corrected chi connectivity index (χ0v) is 12.1. The summed E-state index contributed by atoms with van der Waals surface area (Å²) in [5, 5.41) is 23.4. The molecule has 0 atom stereocenters. The number of nitro groups is 1. The Hall–Kier alpha value is -2.11. The van der Waals surface area contributed by atoms with Gasteiger partial charge in [0.05, 0.1) is 10.5 Å². The maximum atomic E-state index is 12.2. The largest absolute Gasteiger partial charge is 0.502 e. The van der Waals surface area contributed by atoms with Crippen LogP contribution in [0.5, 0.6) is 5.75 Å². The van der Waals surface area contributed by atoms with Crippen LogP contribution in [0.15, 0.2) is 18.2 Å². The molecule has 1 aromatic rings. The molecule has 1 aromatic carbocycles. The number of phenols is 1. The van der Waals surface area contributed by atoms with Crippen LogP contribution < -0.4 is 5.32 Å². The summed E-state index contributed by atoms with van der Waals surface area (Å²) >= 11 is 0. The Morgan fingerprint density at radius 3 is 2.67 bits per heavy atom. The number of aromatic hydroxyl groups is 1. The molecule has 0 spiro atoms. The summed E-state index contributed by atoms with van der Waals surface area (Å²) in [6, 6.07) is 3.97. The Labute approximate surface area is 123 Å². The monoisotopic (exact) mass is 292 g/mol. The smallest absolute Gasteiger partial charge is 0.311 e. The number of benzene rings is 1. The lowest BCUT2D eigenvalue weighted by atomic mass is 9.83. The van der Waals surface area contributed by atoms with Gasteiger partial charge in [-0.2, -0.15) is 0 Å². The van der Waals surface area contributed by atoms with Crippen LogP contribution in [0.1, 0.15) is 49.4 Å². The molecule has 1 aliphatic carbocycles. The number of nitrogens with zero attached hydrogens (tertiary/aromatic N) is 1. The number of hydrogen-bond donors (Lipinski definition) is 2. The number of phenolic OH excluding ortho intramolecular Hbond substituents is 1. The van der Waals surface area contributed by atoms with Crippen molar-refractivity contribution < 1.29 is 14.8 Å². The van der Waals surface area contributed by atoms with E-state index in [0.717, 1.165) is 19.3 Å². The first-order valence-electron chi connectivity index (χ1n) is 7.24. The molecule has 2 N–H and O–H groups in total. The van der Waals surface area contributed by atoms with E-state index in [-0.39, 0.29) is 11.0 Å². The van der Waals surface area contributed by atoms with Gasteiger partial charge in [-0.1, -0.05) is 25.8 Å². The fourth-order valence-corrected chi connectivity index (χ4v) is 3.01. The summed E-state index contributed by atoms with van der Waals surface area (Å²) in [4.78, 5) is 22.2. The maximum Gasteiger partial charge on any atom is 0.311 e. The van der Waals surface area contributed by atoms with Crippen LogP contribution in [0.3, 0.4) is 0 Å². The minimum absolute atomic E-state index is 0.0477. The number of carbonyl (C=O) groups excluding carboxylic acids is 1. The number of nitro benzene ring substituents is 1. The van der Waals surface area contributed by atoms with E-state index in [4.69, 9.17) is 0 Å². The van der Waals surface area contributed by atoms with Crippen molar-refractivity contribution in [2.24, 2.45) is 5.41 Å². The van der Waals surface area contributed by atoms with Crippen molar-refractivity contribution in [1.82, 2.24) is 5.32 Å². The fourth-order valence-electron chi connectivity index (χ4n) is 3.01. The molecule has 1 saturated carbocycles. The second-order valence-corrected chi connectivity index (χ2v) is 5.67. The predicted octanol–water partition coefficient (Wildman–Crippen LogP) is 3.00. The average Bonchev–Trinajstić information content (AvgIpc) is 2.94. The zero-order chi connectivity index (χ0) is 15.5. The molecule has 1 fully saturated rings. The van der Waals surface area contributed by atoms with Crippen LogP contribution in [-0.2, 0) is 0 Å². The van der Waals surface area contributed by atoms with Crippen LogP contribution in [-0.4, -0.2) is 22.5 Å². The van der Waals surface area contributed by atoms with Crippen LogP contribution in [0.25, 0.3) is 0 Å². The highest BCUT2D eigenvalue weighted by Gasteiger charge is 2.32. The third kappa shape index (κ3) is 3.15. The maximum absolute atomic E-state index is 12.2. The highest BCUT2D eigenvalue weighted by Crippen LogP contribution is 2.40. The molecule has 1 amide bonds. The van der Waals surface area contributed by atoms with E-state index in [2.05, 4.69) is 12.2 Å². The normalized spacial score (nSPS) is 16.6. The van der Waals surface area contributed by atoms with Gasteiger partial charge in [0.2, 0.25) is 5.75 Å². The van der Waals surface area contributed by atoms with Crippen molar-refractivity contribution in [2.75, 3.05) is 6.54 Å². The van der Waals surface area contributed by atoms with Crippen LogP contribution >= 0.6 is 0 Å². The van der Waals surface area contributed by atoms with Gasteiger partial charge in [0, 0.05) is 12.6 Å². The van der Waals surface area contributed by atoms with E-state index in [1.807, 2.05) is 0 Å². The molecule has 0 heterocycles. The highest BCUT2D eigenvalue weighted by molar-refractivity contribution is 5.98. The quantitative estimate of drug-likeness (QED) is 0.644. The molecule has 0 radical (unpaired) electrons. The van der Waals surface area contributed by atoms with Crippen LogP contribution in [0, 0.1) is 15.5 Å². The van der Waals surface area contributed by atoms with Gasteiger partial charge < -0.3 is 10.4 Å². The van der Waals surface area contributed by atoms with E-state index < -0.39 is 22.3 Å². The minimum atomic E-state index is -0.698. The third-order valence-electron chi connectivity index (χ3n) is 4.49. The van der Waals surface area contributed by atoms with Crippen molar-refractivity contribution in [2.45, 2.75) is 39.0 Å². The Balaban J connectivity index is 2.10. The summed E-state index contributed by atoms with van der Waals surface area (Å²) in [7, 11) is 0. The SMILES string of the molecule is CCC1(CNC(=O)c2cccc([N+](=O)[O-])c2O)CCCC1. The lowest BCUT2D eigenvalue weighted by molar-refractivity contribution is -0.385. The number of amides is 1. The highest BCUT2D eigenvalue weighted by atomic mass is 16.6. The first kappa shape index (κ1) is 15.3. The Kier molecular flexibility index (Phi) is 4.45. The standard InChI is InChI=1S/C15H20N2O4/c1-2-15(8-3-4-9-15)10-16-14(19)11-6-5-7-12(13(11)18)17(20)21/h5-7,18H,2-4,8-10H2,1H3,(H,16,19). The molecular formula is C15H20N2O4. The summed E-state index contributed by atoms with van der Waals surface area (Å²) in [6.07, 6.45) is 5.52. The summed E-state index contributed by atoms with van der Waals surface area (Å²) < 4.78 is 0. The van der Waals surface area contributed by atoms with Gasteiger partial charge in [-0.15, -0.1) is 0 Å². The minimum Gasteiger partial charge on any atom is -0.502 e. The van der Waals surface area contributed by atoms with Crippen LogP contribution in [0.2, 0.25) is 0 Å². The molecule has 6 heteroatoms. The Bertz CT molecular complexity index is 551. The van der Waals surface area contributed by atoms with Gasteiger partial charge in [-0.3, -0.25) is 14.9 Å². The Morgan fingerprint density at radius 1 is 1.43 bits per heavy atom. The summed E-state index contributed by atoms with van der Waals surface area (Å²) in [6.45, 7) is 2.66. The lowest BCUT2D eigenvalue weighted by Gasteiger charge is -2.27.